The van der Waals surface area contributed by atoms with Crippen molar-refractivity contribution in [1.29, 1.82) is 0 Å². The van der Waals surface area contributed by atoms with Crippen molar-refractivity contribution in [2.24, 2.45) is 7.05 Å². The number of para-hydroxylation sites is 2. The standard InChI is InChI=1S/C19H22N5O/c1-5-23-16(11-17-22(4)13(3)12-25-17)24(6-2)19-18(23)20-14-9-7-8-10-15(14)21-19/h7-12H,5-6H2,1-4H3/q+1. The van der Waals surface area contributed by atoms with Crippen LogP contribution in [0.5, 0.6) is 0 Å². The molecule has 0 spiro atoms. The molecule has 0 amide bonds. The summed E-state index contributed by atoms with van der Waals surface area (Å²) in [5.41, 5.74) is 2.91. The van der Waals surface area contributed by atoms with E-state index in [2.05, 4.69) is 29.7 Å². The second-order valence-electron chi connectivity index (χ2n) is 6.12. The zero-order valence-corrected chi connectivity index (χ0v) is 15.0. The molecule has 0 aliphatic carbocycles. The highest BCUT2D eigenvalue weighted by Crippen LogP contribution is 2.39. The second-order valence-corrected chi connectivity index (χ2v) is 6.12. The van der Waals surface area contributed by atoms with Crippen molar-refractivity contribution in [3.63, 3.8) is 0 Å². The summed E-state index contributed by atoms with van der Waals surface area (Å²) in [6.07, 6.45) is 3.83. The Morgan fingerprint density at radius 1 is 1.04 bits per heavy atom. The summed E-state index contributed by atoms with van der Waals surface area (Å²) in [4.78, 5) is 14.1. The molecule has 25 heavy (non-hydrogen) atoms. The van der Waals surface area contributed by atoms with E-state index in [1.165, 1.54) is 0 Å². The first-order valence-corrected chi connectivity index (χ1v) is 8.61. The minimum atomic E-state index is 0.807. The van der Waals surface area contributed by atoms with E-state index < -0.39 is 0 Å². The zero-order chi connectivity index (χ0) is 17.6. The van der Waals surface area contributed by atoms with Gasteiger partial charge in [0.05, 0.1) is 17.1 Å². The molecule has 128 valence electrons. The third kappa shape index (κ3) is 2.36. The minimum absolute atomic E-state index is 0.807. The van der Waals surface area contributed by atoms with E-state index >= 15 is 0 Å². The van der Waals surface area contributed by atoms with Crippen LogP contribution in [0.3, 0.4) is 0 Å². The van der Waals surface area contributed by atoms with Crippen LogP contribution in [0.4, 0.5) is 11.6 Å². The molecule has 2 aromatic heterocycles. The number of hydrogen-bond donors (Lipinski definition) is 0. The molecule has 6 nitrogen and oxygen atoms in total. The van der Waals surface area contributed by atoms with Crippen molar-refractivity contribution in [2.45, 2.75) is 20.8 Å². The topological polar surface area (TPSA) is 49.3 Å². The Labute approximate surface area is 147 Å². The molecule has 0 atom stereocenters. The number of oxazole rings is 1. The third-order valence-corrected chi connectivity index (χ3v) is 4.69. The number of benzene rings is 1. The Hall–Kier alpha value is -2.89. The summed E-state index contributed by atoms with van der Waals surface area (Å²) in [5, 5.41) is 0. The molecule has 0 bridgehead atoms. The largest absolute Gasteiger partial charge is 0.406 e. The Morgan fingerprint density at radius 3 is 2.04 bits per heavy atom. The molecule has 6 heteroatoms. The Bertz CT molecular complexity index is 923. The first-order chi connectivity index (χ1) is 12.1. The molecule has 0 fully saturated rings. The Balaban J connectivity index is 1.90. The van der Waals surface area contributed by atoms with Gasteiger partial charge in [0.2, 0.25) is 5.69 Å². The smallest absolute Gasteiger partial charge is 0.376 e. The van der Waals surface area contributed by atoms with E-state index in [0.717, 1.165) is 53.2 Å². The number of nitrogens with zero attached hydrogens (tertiary/aromatic N) is 5. The van der Waals surface area contributed by atoms with Crippen LogP contribution >= 0.6 is 0 Å². The second kappa shape index (κ2) is 5.88. The van der Waals surface area contributed by atoms with Crippen molar-refractivity contribution in [3.8, 4) is 0 Å². The van der Waals surface area contributed by atoms with Crippen molar-refractivity contribution >= 4 is 28.7 Å². The number of anilines is 2. The van der Waals surface area contributed by atoms with Gasteiger partial charge >= 0.3 is 5.89 Å². The maximum atomic E-state index is 5.71. The van der Waals surface area contributed by atoms with Gasteiger partial charge in [0.25, 0.3) is 0 Å². The Kier molecular flexibility index (Phi) is 3.67. The number of aromatic nitrogens is 3. The average Bonchev–Trinajstić information content (AvgIpc) is 3.10. The molecule has 0 saturated carbocycles. The van der Waals surface area contributed by atoms with Gasteiger partial charge in [-0.3, -0.25) is 0 Å². The molecule has 1 aliphatic heterocycles. The molecule has 3 aromatic rings. The fourth-order valence-corrected chi connectivity index (χ4v) is 3.20. The molecule has 3 heterocycles. The highest BCUT2D eigenvalue weighted by Gasteiger charge is 2.34. The number of rotatable bonds is 3. The number of aryl methyl sites for hydroxylation is 1. The average molecular weight is 336 g/mol. The maximum Gasteiger partial charge on any atom is 0.376 e. The van der Waals surface area contributed by atoms with E-state index in [9.17, 15) is 0 Å². The Morgan fingerprint density at radius 2 is 1.60 bits per heavy atom. The van der Waals surface area contributed by atoms with Gasteiger partial charge in [0.1, 0.15) is 12.9 Å². The van der Waals surface area contributed by atoms with Crippen molar-refractivity contribution in [1.82, 2.24) is 9.97 Å². The highest BCUT2D eigenvalue weighted by atomic mass is 16.3. The van der Waals surface area contributed by atoms with Crippen molar-refractivity contribution in [2.75, 3.05) is 22.9 Å². The lowest BCUT2D eigenvalue weighted by atomic mass is 10.3. The highest BCUT2D eigenvalue weighted by molar-refractivity contribution is 5.87. The summed E-state index contributed by atoms with van der Waals surface area (Å²) >= 11 is 0. The summed E-state index contributed by atoms with van der Waals surface area (Å²) in [6, 6.07) is 8.00. The minimum Gasteiger partial charge on any atom is -0.406 e. The SMILES string of the molecule is CCN1C(=Cc2occ(C)[n+]2C)N(CC)c2nc3ccccc3nc21. The molecular formula is C19H22N5O+. The molecule has 1 aliphatic rings. The van der Waals surface area contributed by atoms with Gasteiger partial charge in [-0.15, -0.1) is 0 Å². The molecule has 0 unspecified atom stereocenters. The van der Waals surface area contributed by atoms with Crippen molar-refractivity contribution < 1.29 is 8.98 Å². The molecule has 0 saturated heterocycles. The molecule has 0 radical (unpaired) electrons. The van der Waals surface area contributed by atoms with Crippen LogP contribution in [0.25, 0.3) is 17.1 Å². The van der Waals surface area contributed by atoms with Gasteiger partial charge in [-0.25, -0.2) is 9.97 Å². The predicted octanol–water partition coefficient (Wildman–Crippen LogP) is 3.02. The first kappa shape index (κ1) is 15.6. The van der Waals surface area contributed by atoms with E-state index in [1.54, 1.807) is 6.26 Å². The molecular weight excluding hydrogens is 314 g/mol. The van der Waals surface area contributed by atoms with Crippen molar-refractivity contribution in [3.05, 3.63) is 47.9 Å². The van der Waals surface area contributed by atoms with E-state index in [-0.39, 0.29) is 0 Å². The monoisotopic (exact) mass is 336 g/mol. The van der Waals surface area contributed by atoms with Gasteiger partial charge in [-0.05, 0) is 26.0 Å². The van der Waals surface area contributed by atoms with Gasteiger partial charge in [-0.2, -0.15) is 4.57 Å². The predicted molar refractivity (Wildman–Crippen MR) is 98.2 cm³/mol. The number of hydrogen-bond acceptors (Lipinski definition) is 5. The van der Waals surface area contributed by atoms with Crippen LogP contribution in [0.1, 0.15) is 25.4 Å². The van der Waals surface area contributed by atoms with Crippen LogP contribution in [0, 0.1) is 6.92 Å². The zero-order valence-electron chi connectivity index (χ0n) is 15.0. The van der Waals surface area contributed by atoms with Crippen LogP contribution in [-0.4, -0.2) is 23.1 Å². The molecule has 1 aromatic carbocycles. The van der Waals surface area contributed by atoms with Crippen LogP contribution < -0.4 is 14.4 Å². The van der Waals surface area contributed by atoms with E-state index in [1.807, 2.05) is 42.8 Å². The fourth-order valence-electron chi connectivity index (χ4n) is 3.20. The maximum absolute atomic E-state index is 5.71. The van der Waals surface area contributed by atoms with E-state index in [0.29, 0.717) is 0 Å². The first-order valence-electron chi connectivity index (χ1n) is 8.61. The normalized spacial score (nSPS) is 13.7. The summed E-state index contributed by atoms with van der Waals surface area (Å²) in [7, 11) is 2.00. The van der Waals surface area contributed by atoms with Crippen LogP contribution in [0.15, 0.2) is 40.8 Å². The summed E-state index contributed by atoms with van der Waals surface area (Å²) in [6.45, 7) is 7.90. The summed E-state index contributed by atoms with van der Waals surface area (Å²) in [5.74, 6) is 3.66. The quantitative estimate of drug-likeness (QED) is 0.688. The number of fused-ring (bicyclic) bond motifs is 2. The van der Waals surface area contributed by atoms with Gasteiger partial charge < -0.3 is 14.2 Å². The molecule has 0 N–H and O–H groups in total. The molecule has 4 rings (SSSR count). The van der Waals surface area contributed by atoms with Gasteiger partial charge in [0, 0.05) is 20.0 Å². The summed E-state index contributed by atoms with van der Waals surface area (Å²) < 4.78 is 7.75. The van der Waals surface area contributed by atoms with Crippen LogP contribution in [-0.2, 0) is 7.05 Å². The third-order valence-electron chi connectivity index (χ3n) is 4.69. The van der Waals surface area contributed by atoms with Crippen LogP contribution in [0.2, 0.25) is 0 Å². The lowest BCUT2D eigenvalue weighted by Gasteiger charge is -2.21. The van der Waals surface area contributed by atoms with E-state index in [4.69, 9.17) is 14.4 Å². The lowest BCUT2D eigenvalue weighted by molar-refractivity contribution is -0.682. The van der Waals surface area contributed by atoms with Gasteiger partial charge in [-0.1, -0.05) is 12.1 Å². The fraction of sp³-hybridized carbons (Fsp3) is 0.316. The lowest BCUT2D eigenvalue weighted by Crippen LogP contribution is -2.34. The van der Waals surface area contributed by atoms with Gasteiger partial charge in [0.15, 0.2) is 17.9 Å².